The number of hydrogen-bond acceptors (Lipinski definition) is 2. The average molecular weight is 261 g/mol. The number of para-hydroxylation sites is 1. The summed E-state index contributed by atoms with van der Waals surface area (Å²) in [6.45, 7) is 8.43. The van der Waals surface area contributed by atoms with Gasteiger partial charge in [0.15, 0.2) is 0 Å². The van der Waals surface area contributed by atoms with Crippen LogP contribution in [0.3, 0.4) is 0 Å². The van der Waals surface area contributed by atoms with Crippen LogP contribution in [0.5, 0.6) is 5.75 Å². The second kappa shape index (κ2) is 6.95. The smallest absolute Gasteiger partial charge is 0.123 e. The van der Waals surface area contributed by atoms with Gasteiger partial charge in [-0.3, -0.25) is 0 Å². The minimum atomic E-state index is 0.661. The molecule has 0 bridgehead atoms. The quantitative estimate of drug-likeness (QED) is 0.865. The molecule has 2 unspecified atom stereocenters. The highest BCUT2D eigenvalue weighted by Gasteiger charge is 2.23. The predicted octanol–water partition coefficient (Wildman–Crippen LogP) is 4.00. The van der Waals surface area contributed by atoms with Crippen LogP contribution in [0.25, 0.3) is 0 Å². The molecule has 0 amide bonds. The summed E-state index contributed by atoms with van der Waals surface area (Å²) >= 11 is 0. The van der Waals surface area contributed by atoms with Crippen LogP contribution in [-0.4, -0.2) is 12.6 Å². The Bertz CT molecular complexity index is 381. The molecule has 1 fully saturated rings. The number of benzene rings is 1. The summed E-state index contributed by atoms with van der Waals surface area (Å²) in [5, 5.41) is 3.72. The summed E-state index contributed by atoms with van der Waals surface area (Å²) in [4.78, 5) is 0. The third-order valence-corrected chi connectivity index (χ3v) is 4.03. The van der Waals surface area contributed by atoms with Crippen molar-refractivity contribution in [3.63, 3.8) is 0 Å². The molecule has 0 heterocycles. The van der Waals surface area contributed by atoms with Crippen LogP contribution < -0.4 is 10.1 Å². The first-order valence-corrected chi connectivity index (χ1v) is 7.63. The molecule has 1 saturated carbocycles. The Morgan fingerprint density at radius 3 is 2.47 bits per heavy atom. The zero-order chi connectivity index (χ0) is 13.7. The summed E-state index contributed by atoms with van der Waals surface area (Å²) in [5.74, 6) is 2.72. The predicted molar refractivity (Wildman–Crippen MR) is 80.4 cm³/mol. The van der Waals surface area contributed by atoms with Gasteiger partial charge in [-0.25, -0.2) is 0 Å². The van der Waals surface area contributed by atoms with Crippen molar-refractivity contribution < 1.29 is 4.74 Å². The topological polar surface area (TPSA) is 21.3 Å². The largest absolute Gasteiger partial charge is 0.494 e. The fourth-order valence-electron chi connectivity index (χ4n) is 3.31. The van der Waals surface area contributed by atoms with Gasteiger partial charge in [0.05, 0.1) is 6.61 Å². The third kappa shape index (κ3) is 4.24. The molecule has 106 valence electrons. The van der Waals surface area contributed by atoms with Crippen LogP contribution in [0.1, 0.15) is 45.6 Å². The minimum absolute atomic E-state index is 0.661. The fourth-order valence-corrected chi connectivity index (χ4v) is 3.31. The van der Waals surface area contributed by atoms with Crippen LogP contribution in [0.4, 0.5) is 0 Å². The SMILES string of the molecule is CCOc1ccccc1CNC1CC(C)CC(C)C1. The lowest BCUT2D eigenvalue weighted by Gasteiger charge is -2.32. The highest BCUT2D eigenvalue weighted by Crippen LogP contribution is 2.29. The van der Waals surface area contributed by atoms with E-state index in [1.54, 1.807) is 0 Å². The van der Waals surface area contributed by atoms with Crippen molar-refractivity contribution in [1.29, 1.82) is 0 Å². The van der Waals surface area contributed by atoms with Gasteiger partial charge in [-0.2, -0.15) is 0 Å². The first-order valence-electron chi connectivity index (χ1n) is 7.63. The minimum Gasteiger partial charge on any atom is -0.494 e. The van der Waals surface area contributed by atoms with Crippen molar-refractivity contribution in [1.82, 2.24) is 5.32 Å². The Balaban J connectivity index is 1.91. The van der Waals surface area contributed by atoms with Gasteiger partial charge >= 0.3 is 0 Å². The van der Waals surface area contributed by atoms with Gasteiger partial charge in [-0.1, -0.05) is 32.0 Å². The Kier molecular flexibility index (Phi) is 5.26. The molecule has 0 aliphatic heterocycles. The highest BCUT2D eigenvalue weighted by atomic mass is 16.5. The normalized spacial score (nSPS) is 27.2. The zero-order valence-electron chi connectivity index (χ0n) is 12.5. The Morgan fingerprint density at radius 2 is 1.79 bits per heavy atom. The number of nitrogens with one attached hydrogen (secondary N) is 1. The van der Waals surface area contributed by atoms with Gasteiger partial charge in [0.25, 0.3) is 0 Å². The summed E-state index contributed by atoms with van der Waals surface area (Å²) < 4.78 is 5.68. The van der Waals surface area contributed by atoms with E-state index in [1.165, 1.54) is 24.8 Å². The van der Waals surface area contributed by atoms with E-state index in [-0.39, 0.29) is 0 Å². The second-order valence-corrected chi connectivity index (χ2v) is 6.04. The Labute approximate surface area is 117 Å². The molecule has 1 N–H and O–H groups in total. The molecule has 1 aliphatic rings. The van der Waals surface area contributed by atoms with Gasteiger partial charge in [0.2, 0.25) is 0 Å². The van der Waals surface area contributed by atoms with E-state index in [4.69, 9.17) is 4.74 Å². The highest BCUT2D eigenvalue weighted by molar-refractivity contribution is 5.33. The van der Waals surface area contributed by atoms with Gasteiger partial charge in [0.1, 0.15) is 5.75 Å². The monoisotopic (exact) mass is 261 g/mol. The van der Waals surface area contributed by atoms with E-state index in [2.05, 4.69) is 37.4 Å². The summed E-state index contributed by atoms with van der Waals surface area (Å²) in [7, 11) is 0. The lowest BCUT2D eigenvalue weighted by molar-refractivity contribution is 0.237. The first kappa shape index (κ1) is 14.4. The molecule has 1 aromatic rings. The van der Waals surface area contributed by atoms with E-state index in [9.17, 15) is 0 Å². The van der Waals surface area contributed by atoms with E-state index in [0.29, 0.717) is 6.04 Å². The molecule has 2 atom stereocenters. The van der Waals surface area contributed by atoms with Crippen molar-refractivity contribution in [3.05, 3.63) is 29.8 Å². The van der Waals surface area contributed by atoms with Crippen molar-refractivity contribution >= 4 is 0 Å². The van der Waals surface area contributed by atoms with E-state index >= 15 is 0 Å². The first-order chi connectivity index (χ1) is 9.19. The lowest BCUT2D eigenvalue weighted by atomic mass is 9.80. The molecule has 19 heavy (non-hydrogen) atoms. The van der Waals surface area contributed by atoms with Crippen LogP contribution in [0, 0.1) is 11.8 Å². The number of hydrogen-bond donors (Lipinski definition) is 1. The van der Waals surface area contributed by atoms with E-state index < -0.39 is 0 Å². The van der Waals surface area contributed by atoms with Crippen LogP contribution in [0.15, 0.2) is 24.3 Å². The van der Waals surface area contributed by atoms with E-state index in [0.717, 1.165) is 30.7 Å². The third-order valence-electron chi connectivity index (χ3n) is 4.03. The molecule has 0 saturated heterocycles. The van der Waals surface area contributed by atoms with Crippen LogP contribution in [0.2, 0.25) is 0 Å². The number of ether oxygens (including phenoxy) is 1. The van der Waals surface area contributed by atoms with Crippen molar-refractivity contribution in [2.75, 3.05) is 6.61 Å². The van der Waals surface area contributed by atoms with Crippen LogP contribution >= 0.6 is 0 Å². The molecule has 2 heteroatoms. The van der Waals surface area contributed by atoms with Crippen molar-refractivity contribution in [3.8, 4) is 5.75 Å². The standard InChI is InChI=1S/C17H27NO/c1-4-19-17-8-6-5-7-15(17)12-18-16-10-13(2)9-14(3)11-16/h5-8,13-14,16,18H,4,9-12H2,1-3H3. The Hall–Kier alpha value is -1.02. The molecule has 2 rings (SSSR count). The van der Waals surface area contributed by atoms with Gasteiger partial charge < -0.3 is 10.1 Å². The maximum absolute atomic E-state index is 5.68. The molecule has 0 radical (unpaired) electrons. The maximum Gasteiger partial charge on any atom is 0.123 e. The molecule has 2 nitrogen and oxygen atoms in total. The van der Waals surface area contributed by atoms with Crippen molar-refractivity contribution in [2.45, 2.75) is 52.6 Å². The molecule has 0 spiro atoms. The van der Waals surface area contributed by atoms with E-state index in [1.807, 2.05) is 13.0 Å². The summed E-state index contributed by atoms with van der Waals surface area (Å²) in [6, 6.07) is 9.01. The average Bonchev–Trinajstić information content (AvgIpc) is 2.37. The van der Waals surface area contributed by atoms with Gasteiger partial charge in [-0.05, 0) is 44.1 Å². The fraction of sp³-hybridized carbons (Fsp3) is 0.647. The molecule has 1 aromatic carbocycles. The molecule has 0 aromatic heterocycles. The lowest BCUT2D eigenvalue weighted by Crippen LogP contribution is -2.35. The van der Waals surface area contributed by atoms with Gasteiger partial charge in [0, 0.05) is 18.2 Å². The summed E-state index contributed by atoms with van der Waals surface area (Å²) in [5.41, 5.74) is 1.27. The van der Waals surface area contributed by atoms with Crippen molar-refractivity contribution in [2.24, 2.45) is 11.8 Å². The maximum atomic E-state index is 5.68. The molecular formula is C17H27NO. The molecule has 1 aliphatic carbocycles. The zero-order valence-corrected chi connectivity index (χ0v) is 12.5. The Morgan fingerprint density at radius 1 is 1.11 bits per heavy atom. The van der Waals surface area contributed by atoms with Gasteiger partial charge in [-0.15, -0.1) is 0 Å². The second-order valence-electron chi connectivity index (χ2n) is 6.04. The molecular weight excluding hydrogens is 234 g/mol. The number of rotatable bonds is 5. The van der Waals surface area contributed by atoms with Crippen LogP contribution in [-0.2, 0) is 6.54 Å². The summed E-state index contributed by atoms with van der Waals surface area (Å²) in [6.07, 6.45) is 4.00.